The number of hydrogen-bond acceptors (Lipinski definition) is 3. The molecule has 1 heterocycles. The van der Waals surface area contributed by atoms with Gasteiger partial charge in [-0.15, -0.1) is 0 Å². The molecule has 1 fully saturated rings. The zero-order valence-electron chi connectivity index (χ0n) is 20.2. The van der Waals surface area contributed by atoms with Crippen LogP contribution in [-0.4, -0.2) is 37.2 Å². The van der Waals surface area contributed by atoms with E-state index >= 15 is 0 Å². The van der Waals surface area contributed by atoms with E-state index in [1.165, 1.54) is 42.6 Å². The van der Waals surface area contributed by atoms with Crippen LogP contribution in [0.15, 0.2) is 67.3 Å². The number of hydrogen-bond donors (Lipinski definition) is 0. The number of fused-ring (bicyclic) bond motifs is 1. The molecule has 4 heteroatoms. The summed E-state index contributed by atoms with van der Waals surface area (Å²) in [6.07, 6.45) is 11.9. The van der Waals surface area contributed by atoms with Crippen molar-refractivity contribution < 1.29 is 18.8 Å². The molecule has 2 aromatic carbocycles. The van der Waals surface area contributed by atoms with Gasteiger partial charge >= 0.3 is 0 Å². The van der Waals surface area contributed by atoms with Crippen LogP contribution >= 0.6 is 0 Å². The zero-order valence-corrected chi connectivity index (χ0v) is 20.2. The molecule has 1 saturated carbocycles. The van der Waals surface area contributed by atoms with E-state index in [1.807, 2.05) is 30.3 Å². The molecule has 0 N–H and O–H groups in total. The Morgan fingerprint density at radius 2 is 1.67 bits per heavy atom. The lowest BCUT2D eigenvalue weighted by atomic mass is 9.81. The maximum absolute atomic E-state index is 6.10. The molecule has 2 aliphatic rings. The van der Waals surface area contributed by atoms with Gasteiger partial charge in [0.15, 0.2) is 12.3 Å². The highest BCUT2D eigenvalue weighted by atomic mass is 16.5. The molecular formula is C29H36NO3+. The average Bonchev–Trinajstić information content (AvgIpc) is 3.42. The van der Waals surface area contributed by atoms with Crippen LogP contribution in [0, 0.1) is 5.92 Å². The minimum absolute atomic E-state index is 0.0941. The Morgan fingerprint density at radius 3 is 2.33 bits per heavy atom. The van der Waals surface area contributed by atoms with Crippen molar-refractivity contribution >= 4 is 11.4 Å². The summed E-state index contributed by atoms with van der Waals surface area (Å²) in [5.74, 6) is 3.26. The van der Waals surface area contributed by atoms with Crippen molar-refractivity contribution in [3.05, 3.63) is 72.8 Å². The lowest BCUT2D eigenvalue weighted by Gasteiger charge is -2.16. The Morgan fingerprint density at radius 1 is 1.00 bits per heavy atom. The largest absolute Gasteiger partial charge is 0.497 e. The highest BCUT2D eigenvalue weighted by Gasteiger charge is 2.44. The van der Waals surface area contributed by atoms with Crippen LogP contribution in [0.2, 0.25) is 0 Å². The maximum Gasteiger partial charge on any atom is 0.210 e. The molecule has 0 saturated heterocycles. The average molecular weight is 447 g/mol. The van der Waals surface area contributed by atoms with Crippen molar-refractivity contribution in [1.82, 2.24) is 0 Å². The summed E-state index contributed by atoms with van der Waals surface area (Å²) < 4.78 is 19.6. The van der Waals surface area contributed by atoms with Gasteiger partial charge in [-0.25, -0.2) is 0 Å². The Bertz CT molecular complexity index is 1030. The standard InChI is InChI=1S/C29H36NO3/c1-5-19-32-23-11-13-24(14-12-23)33-20-18-30-27-16-15-25(31-4)21-26(27)29(2,3)28(30)17-10-22-8-6-7-9-22/h5,10-17,21-22H,1,6-9,18-20H2,2-4H3/q+1. The van der Waals surface area contributed by atoms with Gasteiger partial charge in [-0.3, -0.25) is 0 Å². The Labute approximate surface area is 198 Å². The summed E-state index contributed by atoms with van der Waals surface area (Å²) in [6, 6.07) is 14.2. The summed E-state index contributed by atoms with van der Waals surface area (Å²) in [4.78, 5) is 0. The lowest BCUT2D eigenvalue weighted by Crippen LogP contribution is -2.29. The molecule has 4 nitrogen and oxygen atoms in total. The molecule has 0 spiro atoms. The number of benzene rings is 2. The Kier molecular flexibility index (Phi) is 7.22. The number of allylic oxidation sites excluding steroid dienone is 2. The van der Waals surface area contributed by atoms with Gasteiger partial charge in [-0.05, 0) is 69.0 Å². The molecule has 0 aromatic heterocycles. The summed E-state index contributed by atoms with van der Waals surface area (Å²) >= 11 is 0. The van der Waals surface area contributed by atoms with Gasteiger partial charge in [-0.2, -0.15) is 4.58 Å². The van der Waals surface area contributed by atoms with Crippen LogP contribution in [0.4, 0.5) is 5.69 Å². The van der Waals surface area contributed by atoms with Gasteiger partial charge in [0.2, 0.25) is 5.69 Å². The monoisotopic (exact) mass is 446 g/mol. The molecule has 4 rings (SSSR count). The molecule has 2 aromatic rings. The van der Waals surface area contributed by atoms with Crippen molar-refractivity contribution in [2.24, 2.45) is 5.92 Å². The normalized spacial score (nSPS) is 17.4. The summed E-state index contributed by atoms with van der Waals surface area (Å²) in [5, 5.41) is 0. The molecule has 33 heavy (non-hydrogen) atoms. The van der Waals surface area contributed by atoms with Crippen molar-refractivity contribution in [2.45, 2.75) is 44.9 Å². The number of nitrogens with zero attached hydrogens (tertiary/aromatic N) is 1. The van der Waals surface area contributed by atoms with Gasteiger partial charge in [-0.1, -0.05) is 31.6 Å². The molecule has 174 valence electrons. The van der Waals surface area contributed by atoms with Gasteiger partial charge in [0.25, 0.3) is 0 Å². The third-order valence-corrected chi connectivity index (χ3v) is 6.80. The first-order valence-electron chi connectivity index (χ1n) is 12.0. The second-order valence-electron chi connectivity index (χ2n) is 9.37. The van der Waals surface area contributed by atoms with Crippen molar-refractivity contribution in [3.63, 3.8) is 0 Å². The molecule has 1 aliphatic carbocycles. The number of rotatable bonds is 10. The van der Waals surface area contributed by atoms with Gasteiger partial charge in [0, 0.05) is 17.7 Å². The van der Waals surface area contributed by atoms with Crippen LogP contribution in [0.25, 0.3) is 0 Å². The summed E-state index contributed by atoms with van der Waals surface area (Å²) in [7, 11) is 1.73. The van der Waals surface area contributed by atoms with Crippen LogP contribution in [-0.2, 0) is 5.41 Å². The summed E-state index contributed by atoms with van der Waals surface area (Å²) in [5.41, 5.74) is 3.78. The minimum Gasteiger partial charge on any atom is -0.497 e. The van der Waals surface area contributed by atoms with Crippen LogP contribution in [0.3, 0.4) is 0 Å². The van der Waals surface area contributed by atoms with Crippen molar-refractivity contribution in [2.75, 3.05) is 26.9 Å². The van der Waals surface area contributed by atoms with E-state index in [0.29, 0.717) is 19.1 Å². The SMILES string of the molecule is C=CCOc1ccc(OCC[N+]2=C(C=CC3CCCC3)C(C)(C)c3cc(OC)ccc32)cc1. The molecule has 0 atom stereocenters. The predicted octanol–water partition coefficient (Wildman–Crippen LogP) is 6.46. The highest BCUT2D eigenvalue weighted by molar-refractivity contribution is 6.03. The second-order valence-corrected chi connectivity index (χ2v) is 9.37. The first kappa shape index (κ1) is 23.2. The van der Waals surface area contributed by atoms with Gasteiger partial charge < -0.3 is 14.2 Å². The fourth-order valence-corrected chi connectivity index (χ4v) is 4.94. The minimum atomic E-state index is -0.0941. The fourth-order valence-electron chi connectivity index (χ4n) is 4.94. The van der Waals surface area contributed by atoms with E-state index in [9.17, 15) is 0 Å². The second kappa shape index (κ2) is 10.3. The topological polar surface area (TPSA) is 30.7 Å². The maximum atomic E-state index is 6.10. The van der Waals surface area contributed by atoms with E-state index in [1.54, 1.807) is 13.2 Å². The molecular weight excluding hydrogens is 410 g/mol. The lowest BCUT2D eigenvalue weighted by molar-refractivity contribution is -0.439. The number of ether oxygens (including phenoxy) is 3. The van der Waals surface area contributed by atoms with Gasteiger partial charge in [0.1, 0.15) is 30.5 Å². The predicted molar refractivity (Wildman–Crippen MR) is 135 cm³/mol. The first-order valence-corrected chi connectivity index (χ1v) is 12.0. The van der Waals surface area contributed by atoms with Crippen LogP contribution in [0.5, 0.6) is 17.2 Å². The summed E-state index contributed by atoms with van der Waals surface area (Å²) in [6.45, 7) is 10.2. The molecule has 0 amide bonds. The van der Waals surface area contributed by atoms with E-state index in [2.05, 4.69) is 49.3 Å². The first-order chi connectivity index (χ1) is 16.0. The van der Waals surface area contributed by atoms with Crippen LogP contribution in [0.1, 0.15) is 45.1 Å². The van der Waals surface area contributed by atoms with Crippen molar-refractivity contribution in [1.29, 1.82) is 0 Å². The third-order valence-electron chi connectivity index (χ3n) is 6.80. The fraction of sp³-hybridized carbons (Fsp3) is 0.414. The zero-order chi connectivity index (χ0) is 23.3. The quantitative estimate of drug-likeness (QED) is 0.310. The molecule has 1 aliphatic heterocycles. The smallest absolute Gasteiger partial charge is 0.210 e. The molecule has 0 bridgehead atoms. The van der Waals surface area contributed by atoms with Crippen LogP contribution < -0.4 is 14.2 Å². The van der Waals surface area contributed by atoms with Gasteiger partial charge in [0.05, 0.1) is 12.5 Å². The van der Waals surface area contributed by atoms with E-state index in [0.717, 1.165) is 23.8 Å². The number of methoxy groups -OCH3 is 1. The highest BCUT2D eigenvalue weighted by Crippen LogP contribution is 2.42. The molecule has 0 unspecified atom stereocenters. The Hall–Kier alpha value is -3.01. The van der Waals surface area contributed by atoms with E-state index < -0.39 is 0 Å². The van der Waals surface area contributed by atoms with Crippen molar-refractivity contribution in [3.8, 4) is 17.2 Å². The molecule has 0 radical (unpaired) electrons. The third kappa shape index (κ3) is 5.16. The van der Waals surface area contributed by atoms with E-state index in [4.69, 9.17) is 14.2 Å². The Balaban J connectivity index is 1.54. The van der Waals surface area contributed by atoms with E-state index in [-0.39, 0.29) is 5.41 Å².